The molecule has 1 aromatic carbocycles. The van der Waals surface area contributed by atoms with Gasteiger partial charge in [0.25, 0.3) is 0 Å². The van der Waals surface area contributed by atoms with E-state index in [9.17, 15) is 26.0 Å². The molecule has 25 heavy (non-hydrogen) atoms. The van der Waals surface area contributed by atoms with E-state index in [0.29, 0.717) is 18.7 Å². The van der Waals surface area contributed by atoms with E-state index >= 15 is 0 Å². The van der Waals surface area contributed by atoms with E-state index in [2.05, 4.69) is 10.0 Å². The van der Waals surface area contributed by atoms with Crippen molar-refractivity contribution < 1.29 is 26.0 Å². The summed E-state index contributed by atoms with van der Waals surface area (Å²) < 4.78 is 77.4. The highest BCUT2D eigenvalue weighted by Crippen LogP contribution is 2.32. The number of nitrogens with zero attached hydrogens (tertiary/aromatic N) is 1. The van der Waals surface area contributed by atoms with E-state index in [1.54, 1.807) is 0 Å². The highest BCUT2D eigenvalue weighted by Gasteiger charge is 2.35. The fourth-order valence-corrected chi connectivity index (χ4v) is 3.29. The first-order valence-corrected chi connectivity index (χ1v) is 8.48. The quantitative estimate of drug-likeness (QED) is 0.704. The first-order chi connectivity index (χ1) is 10.7. The molecule has 0 radical (unpaired) electrons. The van der Waals surface area contributed by atoms with E-state index in [-0.39, 0.29) is 31.4 Å². The average Bonchev–Trinajstić information content (AvgIpc) is 2.47. The number of rotatable bonds is 5. The van der Waals surface area contributed by atoms with Crippen molar-refractivity contribution in [3.63, 3.8) is 0 Å². The maximum absolute atomic E-state index is 13.2. The van der Waals surface area contributed by atoms with Crippen molar-refractivity contribution in [3.05, 3.63) is 29.6 Å². The zero-order valence-electron chi connectivity index (χ0n) is 13.0. The summed E-state index contributed by atoms with van der Waals surface area (Å²) in [5.74, 6) is -1.50. The van der Waals surface area contributed by atoms with Gasteiger partial charge in [-0.1, -0.05) is 0 Å². The lowest BCUT2D eigenvalue weighted by molar-refractivity contribution is -0.140. The molecule has 1 aliphatic heterocycles. The third kappa shape index (κ3) is 6.87. The van der Waals surface area contributed by atoms with Crippen LogP contribution in [-0.4, -0.2) is 52.6 Å². The number of nitrogens with one attached hydrogen (secondary N) is 2. The first kappa shape index (κ1) is 24.4. The highest BCUT2D eigenvalue weighted by molar-refractivity contribution is 7.89. The Morgan fingerprint density at radius 1 is 1.16 bits per heavy atom. The second-order valence-corrected chi connectivity index (χ2v) is 6.90. The largest absolute Gasteiger partial charge is 0.419 e. The van der Waals surface area contributed by atoms with Crippen LogP contribution in [-0.2, 0) is 16.2 Å². The predicted molar refractivity (Wildman–Crippen MR) is 90.4 cm³/mol. The summed E-state index contributed by atoms with van der Waals surface area (Å²) in [6.07, 6.45) is -4.95. The zero-order valence-corrected chi connectivity index (χ0v) is 15.4. The molecule has 0 aliphatic carbocycles. The summed E-state index contributed by atoms with van der Waals surface area (Å²) in [7, 11) is -4.12. The predicted octanol–water partition coefficient (Wildman–Crippen LogP) is 1.87. The van der Waals surface area contributed by atoms with Gasteiger partial charge in [-0.2, -0.15) is 13.2 Å². The second kappa shape index (κ2) is 9.89. The van der Waals surface area contributed by atoms with Crippen LogP contribution in [0.3, 0.4) is 0 Å². The molecule has 5 nitrogen and oxygen atoms in total. The van der Waals surface area contributed by atoms with Crippen LogP contribution in [0.25, 0.3) is 0 Å². The Balaban J connectivity index is 0.00000288. The molecule has 146 valence electrons. The van der Waals surface area contributed by atoms with Gasteiger partial charge < -0.3 is 5.32 Å². The Kier molecular flexibility index (Phi) is 9.63. The molecular formula is C13H19Cl2F4N3O2S. The molecule has 0 saturated carbocycles. The molecule has 0 bridgehead atoms. The summed E-state index contributed by atoms with van der Waals surface area (Å²) in [4.78, 5) is 1.43. The fraction of sp³-hybridized carbons (Fsp3) is 0.538. The standard InChI is InChI=1S/C13H17F4N3O2S.2ClH/c14-12-2-1-10(9-11(12)13(15,16)17)23(21,22)19-5-8-20-6-3-18-4-7-20;;/h1-2,9,18-19H,3-8H2;2*1H. The number of benzene rings is 1. The Bertz CT molecular complexity index is 653. The van der Waals surface area contributed by atoms with Gasteiger partial charge in [-0.15, -0.1) is 24.8 Å². The molecule has 2 N–H and O–H groups in total. The zero-order chi connectivity index (χ0) is 17.1. The smallest absolute Gasteiger partial charge is 0.314 e. The van der Waals surface area contributed by atoms with Crippen molar-refractivity contribution in [1.29, 1.82) is 0 Å². The Labute approximate surface area is 156 Å². The van der Waals surface area contributed by atoms with Gasteiger partial charge in [0, 0.05) is 39.3 Å². The van der Waals surface area contributed by atoms with E-state index in [4.69, 9.17) is 0 Å². The molecular weight excluding hydrogens is 409 g/mol. The third-order valence-electron chi connectivity index (χ3n) is 3.48. The van der Waals surface area contributed by atoms with Crippen molar-refractivity contribution in [1.82, 2.24) is 14.9 Å². The van der Waals surface area contributed by atoms with Crippen molar-refractivity contribution >= 4 is 34.8 Å². The van der Waals surface area contributed by atoms with Gasteiger partial charge in [0.2, 0.25) is 10.0 Å². The number of alkyl halides is 3. The number of sulfonamides is 1. The molecule has 0 amide bonds. The molecule has 0 aromatic heterocycles. The molecule has 0 spiro atoms. The number of halogens is 6. The van der Waals surface area contributed by atoms with Crippen LogP contribution in [0, 0.1) is 5.82 Å². The molecule has 1 aliphatic rings. The van der Waals surface area contributed by atoms with Crippen molar-refractivity contribution in [2.75, 3.05) is 39.3 Å². The van der Waals surface area contributed by atoms with Gasteiger partial charge in [-0.05, 0) is 18.2 Å². The van der Waals surface area contributed by atoms with Crippen LogP contribution in [0.1, 0.15) is 5.56 Å². The maximum Gasteiger partial charge on any atom is 0.419 e. The van der Waals surface area contributed by atoms with Crippen molar-refractivity contribution in [2.24, 2.45) is 0 Å². The summed E-state index contributed by atoms with van der Waals surface area (Å²) in [5, 5.41) is 3.15. The van der Waals surface area contributed by atoms with Crippen LogP contribution >= 0.6 is 24.8 Å². The Morgan fingerprint density at radius 2 is 1.76 bits per heavy atom. The SMILES string of the molecule is Cl.Cl.O=S(=O)(NCCN1CCNCC1)c1ccc(F)c(C(F)(F)F)c1. The molecule has 2 rings (SSSR count). The lowest BCUT2D eigenvalue weighted by Crippen LogP contribution is -2.46. The first-order valence-electron chi connectivity index (χ1n) is 6.99. The lowest BCUT2D eigenvalue weighted by atomic mass is 10.2. The van der Waals surface area contributed by atoms with Crippen LogP contribution in [0.15, 0.2) is 23.1 Å². The minimum atomic E-state index is -4.95. The number of piperazine rings is 1. The number of hydrogen-bond donors (Lipinski definition) is 2. The normalized spacial score (nSPS) is 16.0. The van der Waals surface area contributed by atoms with E-state index in [1.165, 1.54) is 0 Å². The van der Waals surface area contributed by atoms with Crippen molar-refractivity contribution in [3.8, 4) is 0 Å². The van der Waals surface area contributed by atoms with Gasteiger partial charge in [0.05, 0.1) is 10.5 Å². The molecule has 0 unspecified atom stereocenters. The minimum absolute atomic E-state index is 0. The summed E-state index contributed by atoms with van der Waals surface area (Å²) >= 11 is 0. The highest BCUT2D eigenvalue weighted by atomic mass is 35.5. The van der Waals surface area contributed by atoms with Crippen LogP contribution in [0.2, 0.25) is 0 Å². The average molecular weight is 428 g/mol. The van der Waals surface area contributed by atoms with Gasteiger partial charge in [-0.25, -0.2) is 17.5 Å². The van der Waals surface area contributed by atoms with Crippen molar-refractivity contribution in [2.45, 2.75) is 11.1 Å². The minimum Gasteiger partial charge on any atom is -0.314 e. The van der Waals surface area contributed by atoms with Gasteiger partial charge in [0.15, 0.2) is 0 Å². The summed E-state index contributed by atoms with van der Waals surface area (Å²) in [5.41, 5.74) is -1.59. The Hall–Kier alpha value is -0.650. The topological polar surface area (TPSA) is 61.4 Å². The maximum atomic E-state index is 13.2. The van der Waals surface area contributed by atoms with E-state index in [0.717, 1.165) is 32.2 Å². The molecule has 1 heterocycles. The van der Waals surface area contributed by atoms with E-state index in [1.807, 2.05) is 4.90 Å². The third-order valence-corrected chi connectivity index (χ3v) is 4.94. The lowest BCUT2D eigenvalue weighted by Gasteiger charge is -2.27. The fourth-order valence-electron chi connectivity index (χ4n) is 2.24. The van der Waals surface area contributed by atoms with Crippen LogP contribution in [0.4, 0.5) is 17.6 Å². The molecule has 1 aromatic rings. The number of hydrogen-bond acceptors (Lipinski definition) is 4. The van der Waals surface area contributed by atoms with E-state index < -0.39 is 32.5 Å². The van der Waals surface area contributed by atoms with Crippen LogP contribution in [0.5, 0.6) is 0 Å². The molecule has 1 saturated heterocycles. The summed E-state index contributed by atoms with van der Waals surface area (Å²) in [6.45, 7) is 3.68. The Morgan fingerprint density at radius 3 is 2.32 bits per heavy atom. The summed E-state index contributed by atoms with van der Waals surface area (Å²) in [6, 6.07) is 1.63. The van der Waals surface area contributed by atoms with Gasteiger partial charge in [-0.3, -0.25) is 4.90 Å². The van der Waals surface area contributed by atoms with Gasteiger partial charge in [0.1, 0.15) is 5.82 Å². The second-order valence-electron chi connectivity index (χ2n) is 5.13. The van der Waals surface area contributed by atoms with Crippen LogP contribution < -0.4 is 10.0 Å². The molecule has 1 fully saturated rings. The van der Waals surface area contributed by atoms with Gasteiger partial charge >= 0.3 is 6.18 Å². The molecule has 12 heteroatoms. The molecule has 0 atom stereocenters. The monoisotopic (exact) mass is 427 g/mol.